The maximum Gasteiger partial charge on any atom is 0.265 e. The molecule has 2 aromatic carbocycles. The summed E-state index contributed by atoms with van der Waals surface area (Å²) in [4.78, 5) is 32.5. The summed E-state index contributed by atoms with van der Waals surface area (Å²) in [7, 11) is 0. The Hall–Kier alpha value is -3.19. The number of rotatable bonds is 4. The number of amides is 2. The highest BCUT2D eigenvalue weighted by atomic mass is 32.1. The minimum Gasteiger partial charge on any atom is -0.482 e. The molecule has 30 heavy (non-hydrogen) atoms. The molecule has 1 N–H and O–H groups in total. The van der Waals surface area contributed by atoms with E-state index in [4.69, 9.17) is 4.74 Å². The molecule has 0 unspecified atom stereocenters. The lowest BCUT2D eigenvalue weighted by Gasteiger charge is -2.29. The van der Waals surface area contributed by atoms with Crippen molar-refractivity contribution in [2.24, 2.45) is 0 Å². The number of fused-ring (bicyclic) bond motifs is 1. The molecule has 0 radical (unpaired) electrons. The molecule has 1 aliphatic rings. The Morgan fingerprint density at radius 1 is 1.17 bits per heavy atom. The van der Waals surface area contributed by atoms with Crippen LogP contribution in [0, 0.1) is 27.7 Å². The number of aryl methyl sites for hydroxylation is 4. The average molecular weight is 422 g/mol. The van der Waals surface area contributed by atoms with Crippen molar-refractivity contribution < 1.29 is 14.3 Å². The van der Waals surface area contributed by atoms with Gasteiger partial charge in [0.05, 0.1) is 16.4 Å². The Kier molecular flexibility index (Phi) is 5.30. The van der Waals surface area contributed by atoms with Gasteiger partial charge in [-0.2, -0.15) is 0 Å². The summed E-state index contributed by atoms with van der Waals surface area (Å²) >= 11 is 1.63. The van der Waals surface area contributed by atoms with Crippen molar-refractivity contribution in [1.29, 1.82) is 0 Å². The van der Waals surface area contributed by atoms with E-state index in [-0.39, 0.29) is 25.0 Å². The van der Waals surface area contributed by atoms with E-state index in [2.05, 4.69) is 10.3 Å². The van der Waals surface area contributed by atoms with Gasteiger partial charge in [-0.3, -0.25) is 14.5 Å². The smallest absolute Gasteiger partial charge is 0.265 e. The highest BCUT2D eigenvalue weighted by Crippen LogP contribution is 2.37. The molecule has 2 amide bonds. The molecule has 0 bridgehead atoms. The molecule has 0 spiro atoms. The van der Waals surface area contributed by atoms with Crippen molar-refractivity contribution in [1.82, 2.24) is 4.98 Å². The zero-order valence-electron chi connectivity index (χ0n) is 17.4. The number of anilines is 2. The maximum atomic E-state index is 12.8. The van der Waals surface area contributed by atoms with Gasteiger partial charge in [0.15, 0.2) is 6.61 Å². The minimum atomic E-state index is -0.254. The maximum absolute atomic E-state index is 12.8. The van der Waals surface area contributed by atoms with Crippen LogP contribution < -0.4 is 15.0 Å². The number of carbonyl (C=O) groups is 2. The molecule has 0 aliphatic carbocycles. The van der Waals surface area contributed by atoms with Crippen molar-refractivity contribution in [3.63, 3.8) is 0 Å². The average Bonchev–Trinajstić information content (AvgIpc) is 3.04. The van der Waals surface area contributed by atoms with E-state index in [9.17, 15) is 9.59 Å². The Balaban J connectivity index is 1.62. The van der Waals surface area contributed by atoms with Crippen molar-refractivity contribution in [3.05, 3.63) is 57.4 Å². The quantitative estimate of drug-likeness (QED) is 0.677. The molecule has 0 fully saturated rings. The van der Waals surface area contributed by atoms with Crippen LogP contribution in [0.5, 0.6) is 5.75 Å². The fourth-order valence-corrected chi connectivity index (χ4v) is 4.36. The molecule has 4 rings (SSSR count). The van der Waals surface area contributed by atoms with Crippen LogP contribution in [0.2, 0.25) is 0 Å². The van der Waals surface area contributed by atoms with E-state index in [1.165, 1.54) is 4.90 Å². The molecule has 7 heteroatoms. The summed E-state index contributed by atoms with van der Waals surface area (Å²) in [5.41, 5.74) is 5.15. The first-order valence-electron chi connectivity index (χ1n) is 9.70. The highest BCUT2D eigenvalue weighted by Gasteiger charge is 2.28. The van der Waals surface area contributed by atoms with Gasteiger partial charge in [-0.05, 0) is 63.1 Å². The molecule has 6 nitrogen and oxygen atoms in total. The van der Waals surface area contributed by atoms with E-state index in [0.29, 0.717) is 11.4 Å². The Morgan fingerprint density at radius 3 is 2.70 bits per heavy atom. The second kappa shape index (κ2) is 7.91. The van der Waals surface area contributed by atoms with E-state index in [1.54, 1.807) is 11.3 Å². The zero-order chi connectivity index (χ0) is 21.4. The fourth-order valence-electron chi connectivity index (χ4n) is 3.52. The molecular formula is C23H23N3O3S. The number of benzene rings is 2. The Bertz CT molecular complexity index is 1150. The molecule has 0 saturated carbocycles. The number of aromatic nitrogens is 1. The van der Waals surface area contributed by atoms with Crippen LogP contribution in [0.4, 0.5) is 11.4 Å². The van der Waals surface area contributed by atoms with Gasteiger partial charge in [0.1, 0.15) is 12.3 Å². The van der Waals surface area contributed by atoms with Gasteiger partial charge in [0.2, 0.25) is 5.91 Å². The van der Waals surface area contributed by atoms with Crippen molar-refractivity contribution in [3.8, 4) is 17.0 Å². The summed E-state index contributed by atoms with van der Waals surface area (Å²) in [5.74, 6) is 0.0837. The third kappa shape index (κ3) is 3.93. The highest BCUT2D eigenvalue weighted by molar-refractivity contribution is 7.11. The number of nitrogens with zero attached hydrogens (tertiary/aromatic N) is 2. The minimum absolute atomic E-state index is 0.0822. The van der Waals surface area contributed by atoms with Crippen molar-refractivity contribution >= 4 is 34.5 Å². The van der Waals surface area contributed by atoms with Gasteiger partial charge in [-0.15, -0.1) is 11.3 Å². The van der Waals surface area contributed by atoms with Gasteiger partial charge >= 0.3 is 0 Å². The normalized spacial score (nSPS) is 13.1. The van der Waals surface area contributed by atoms with Crippen molar-refractivity contribution in [2.75, 3.05) is 23.4 Å². The van der Waals surface area contributed by atoms with Gasteiger partial charge in [-0.25, -0.2) is 4.98 Å². The number of hydrogen-bond donors (Lipinski definition) is 1. The number of hydrogen-bond acceptors (Lipinski definition) is 5. The topological polar surface area (TPSA) is 71.5 Å². The Morgan fingerprint density at radius 2 is 1.97 bits per heavy atom. The first kappa shape index (κ1) is 20.1. The van der Waals surface area contributed by atoms with Gasteiger partial charge in [0, 0.05) is 16.1 Å². The lowest BCUT2D eigenvalue weighted by molar-refractivity contribution is -0.123. The van der Waals surface area contributed by atoms with Gasteiger partial charge in [-0.1, -0.05) is 12.1 Å². The van der Waals surface area contributed by atoms with E-state index < -0.39 is 0 Å². The molecule has 0 atom stereocenters. The van der Waals surface area contributed by atoms with E-state index >= 15 is 0 Å². The Labute approximate surface area is 179 Å². The summed E-state index contributed by atoms with van der Waals surface area (Å²) in [6, 6.07) is 11.5. The van der Waals surface area contributed by atoms with Crippen LogP contribution >= 0.6 is 11.3 Å². The predicted octanol–water partition coefficient (Wildman–Crippen LogP) is 4.41. The van der Waals surface area contributed by atoms with Crippen LogP contribution in [0.15, 0.2) is 36.4 Å². The third-order valence-corrected chi connectivity index (χ3v) is 5.93. The molecule has 2 heterocycles. The number of carbonyl (C=O) groups excluding carboxylic acids is 2. The van der Waals surface area contributed by atoms with E-state index in [0.717, 1.165) is 38.0 Å². The number of ether oxygens (including phenoxy) is 1. The first-order chi connectivity index (χ1) is 14.3. The third-order valence-electron chi connectivity index (χ3n) is 5.05. The van der Waals surface area contributed by atoms with Crippen LogP contribution in [0.3, 0.4) is 0 Å². The molecule has 0 saturated heterocycles. The first-order valence-corrected chi connectivity index (χ1v) is 10.5. The van der Waals surface area contributed by atoms with Crippen LogP contribution in [-0.4, -0.2) is 29.9 Å². The summed E-state index contributed by atoms with van der Waals surface area (Å²) < 4.78 is 5.59. The van der Waals surface area contributed by atoms with E-state index in [1.807, 2.05) is 64.1 Å². The van der Waals surface area contributed by atoms with Crippen LogP contribution in [0.25, 0.3) is 11.3 Å². The molecule has 1 aromatic heterocycles. The second-order valence-electron chi connectivity index (χ2n) is 7.46. The summed E-state index contributed by atoms with van der Waals surface area (Å²) in [5, 5.41) is 3.91. The molecule has 154 valence electrons. The standard InChI is InChI=1S/C23H23N3O3S/c1-13-5-6-14(2)18(9-13)25-21(27)11-26-19-10-17(23-15(3)30-16(4)24-23)7-8-20(19)29-12-22(26)28/h5-10H,11-12H2,1-4H3,(H,25,27). The summed E-state index contributed by atoms with van der Waals surface area (Å²) in [6.45, 7) is 7.74. The largest absolute Gasteiger partial charge is 0.482 e. The van der Waals surface area contributed by atoms with Gasteiger partial charge < -0.3 is 10.1 Å². The molecular weight excluding hydrogens is 398 g/mol. The SMILES string of the molecule is Cc1ccc(C)c(NC(=O)CN2C(=O)COc3ccc(-c4nc(C)sc4C)cc32)c1. The predicted molar refractivity (Wildman–Crippen MR) is 119 cm³/mol. The lowest BCUT2D eigenvalue weighted by atomic mass is 10.1. The molecule has 1 aliphatic heterocycles. The monoisotopic (exact) mass is 421 g/mol. The van der Waals surface area contributed by atoms with Crippen LogP contribution in [-0.2, 0) is 9.59 Å². The van der Waals surface area contributed by atoms with Crippen molar-refractivity contribution in [2.45, 2.75) is 27.7 Å². The zero-order valence-corrected chi connectivity index (χ0v) is 18.2. The lowest BCUT2D eigenvalue weighted by Crippen LogP contribution is -2.43. The number of nitrogens with one attached hydrogen (secondary N) is 1. The second-order valence-corrected chi connectivity index (χ2v) is 8.86. The van der Waals surface area contributed by atoms with Gasteiger partial charge in [0.25, 0.3) is 5.91 Å². The number of thiazole rings is 1. The van der Waals surface area contributed by atoms with Crippen LogP contribution in [0.1, 0.15) is 21.0 Å². The fraction of sp³-hybridized carbons (Fsp3) is 0.261. The summed E-state index contributed by atoms with van der Waals surface area (Å²) in [6.07, 6.45) is 0. The molecule has 3 aromatic rings.